The van der Waals surface area contributed by atoms with Crippen LogP contribution in [0.1, 0.15) is 25.7 Å². The Hall–Kier alpha value is -0.500. The standard InChI is InChI=1S/C8H11ClO2/c1-11-8(10)6-4-2-3-5-7(6)9/h2-5H2,1H3. The zero-order valence-corrected chi connectivity index (χ0v) is 7.28. The highest BCUT2D eigenvalue weighted by Gasteiger charge is 2.17. The monoisotopic (exact) mass is 174 g/mol. The van der Waals surface area contributed by atoms with Crippen molar-refractivity contribution in [2.24, 2.45) is 0 Å². The molecule has 0 spiro atoms. The molecule has 0 aromatic rings. The van der Waals surface area contributed by atoms with E-state index in [4.69, 9.17) is 11.6 Å². The van der Waals surface area contributed by atoms with Crippen molar-refractivity contribution >= 4 is 17.6 Å². The highest BCUT2D eigenvalue weighted by molar-refractivity contribution is 6.31. The lowest BCUT2D eigenvalue weighted by atomic mass is 9.99. The average Bonchev–Trinajstić information content (AvgIpc) is 2.04. The Bertz CT molecular complexity index is 196. The van der Waals surface area contributed by atoms with Crippen molar-refractivity contribution in [1.29, 1.82) is 0 Å². The molecule has 0 aliphatic heterocycles. The fraction of sp³-hybridized carbons (Fsp3) is 0.625. The van der Waals surface area contributed by atoms with E-state index < -0.39 is 0 Å². The van der Waals surface area contributed by atoms with Gasteiger partial charge < -0.3 is 4.74 Å². The number of hydrogen-bond donors (Lipinski definition) is 0. The van der Waals surface area contributed by atoms with Crippen LogP contribution in [0.15, 0.2) is 10.6 Å². The Labute approximate surface area is 71.2 Å². The summed E-state index contributed by atoms with van der Waals surface area (Å²) in [6.45, 7) is 0. The first kappa shape index (κ1) is 8.60. The van der Waals surface area contributed by atoms with Crippen molar-refractivity contribution in [2.75, 3.05) is 7.11 Å². The number of rotatable bonds is 1. The Balaban J connectivity index is 2.74. The van der Waals surface area contributed by atoms with Crippen molar-refractivity contribution < 1.29 is 9.53 Å². The van der Waals surface area contributed by atoms with Crippen molar-refractivity contribution in [3.05, 3.63) is 10.6 Å². The van der Waals surface area contributed by atoms with Gasteiger partial charge in [-0.15, -0.1) is 0 Å². The summed E-state index contributed by atoms with van der Waals surface area (Å²) >= 11 is 5.84. The van der Waals surface area contributed by atoms with Gasteiger partial charge in [0.15, 0.2) is 0 Å². The smallest absolute Gasteiger partial charge is 0.334 e. The number of hydrogen-bond acceptors (Lipinski definition) is 2. The van der Waals surface area contributed by atoms with E-state index in [1.807, 2.05) is 0 Å². The summed E-state index contributed by atoms with van der Waals surface area (Å²) in [6, 6.07) is 0. The van der Waals surface area contributed by atoms with Gasteiger partial charge in [-0.05, 0) is 25.7 Å². The number of allylic oxidation sites excluding steroid dienone is 1. The zero-order valence-electron chi connectivity index (χ0n) is 6.52. The molecule has 1 rings (SSSR count). The number of methoxy groups -OCH3 is 1. The fourth-order valence-electron chi connectivity index (χ4n) is 1.20. The Morgan fingerprint density at radius 2 is 2.09 bits per heavy atom. The van der Waals surface area contributed by atoms with E-state index in [-0.39, 0.29) is 5.97 Å². The summed E-state index contributed by atoms with van der Waals surface area (Å²) in [5.74, 6) is -0.269. The molecule has 2 nitrogen and oxygen atoms in total. The van der Waals surface area contributed by atoms with Crippen LogP contribution in [0.2, 0.25) is 0 Å². The third kappa shape index (κ3) is 1.96. The number of ether oxygens (including phenoxy) is 1. The molecule has 1 aliphatic carbocycles. The van der Waals surface area contributed by atoms with Crippen LogP contribution in [0.4, 0.5) is 0 Å². The summed E-state index contributed by atoms with van der Waals surface area (Å²) < 4.78 is 4.58. The normalized spacial score (nSPS) is 18.4. The van der Waals surface area contributed by atoms with Gasteiger partial charge in [0.25, 0.3) is 0 Å². The third-order valence-corrected chi connectivity index (χ3v) is 2.25. The molecule has 3 heteroatoms. The van der Waals surface area contributed by atoms with E-state index in [2.05, 4.69) is 4.74 Å². The number of halogens is 1. The van der Waals surface area contributed by atoms with E-state index in [1.165, 1.54) is 7.11 Å². The Morgan fingerprint density at radius 3 is 2.64 bits per heavy atom. The Kier molecular flexibility index (Phi) is 2.94. The molecule has 0 aromatic carbocycles. The molecule has 0 saturated heterocycles. The summed E-state index contributed by atoms with van der Waals surface area (Å²) in [6.07, 6.45) is 3.72. The minimum atomic E-state index is -0.269. The number of carbonyl (C=O) groups is 1. The highest BCUT2D eigenvalue weighted by atomic mass is 35.5. The quantitative estimate of drug-likeness (QED) is 0.570. The van der Waals surface area contributed by atoms with Crippen LogP contribution in [-0.2, 0) is 9.53 Å². The molecule has 0 atom stereocenters. The van der Waals surface area contributed by atoms with Gasteiger partial charge in [-0.1, -0.05) is 11.6 Å². The lowest BCUT2D eigenvalue weighted by molar-refractivity contribution is -0.136. The first-order chi connectivity index (χ1) is 5.25. The molecule has 0 N–H and O–H groups in total. The second-order valence-corrected chi connectivity index (χ2v) is 3.04. The minimum absolute atomic E-state index is 0.269. The van der Waals surface area contributed by atoms with Crippen molar-refractivity contribution in [2.45, 2.75) is 25.7 Å². The van der Waals surface area contributed by atoms with Crippen LogP contribution in [0.5, 0.6) is 0 Å². The summed E-state index contributed by atoms with van der Waals surface area (Å²) in [4.78, 5) is 11.0. The molecule has 0 unspecified atom stereocenters. The predicted octanol–water partition coefficient (Wildman–Crippen LogP) is 2.23. The van der Waals surface area contributed by atoms with E-state index in [9.17, 15) is 4.79 Å². The van der Waals surface area contributed by atoms with Crippen LogP contribution in [-0.4, -0.2) is 13.1 Å². The van der Waals surface area contributed by atoms with Gasteiger partial charge in [0, 0.05) is 5.03 Å². The van der Waals surface area contributed by atoms with Gasteiger partial charge in [0.05, 0.1) is 12.7 Å². The summed E-state index contributed by atoms with van der Waals surface area (Å²) in [7, 11) is 1.38. The zero-order chi connectivity index (χ0) is 8.27. The molecule has 0 fully saturated rings. The maximum atomic E-state index is 11.0. The SMILES string of the molecule is COC(=O)C1=C(Cl)CCCC1. The van der Waals surface area contributed by atoms with Gasteiger partial charge in [-0.25, -0.2) is 4.79 Å². The molecule has 0 amide bonds. The Morgan fingerprint density at radius 1 is 1.45 bits per heavy atom. The minimum Gasteiger partial charge on any atom is -0.466 e. The summed E-state index contributed by atoms with van der Waals surface area (Å²) in [5.41, 5.74) is 0.667. The molecule has 0 saturated carbocycles. The topological polar surface area (TPSA) is 26.3 Å². The molecule has 1 aliphatic rings. The van der Waals surface area contributed by atoms with Crippen molar-refractivity contribution in [1.82, 2.24) is 0 Å². The van der Waals surface area contributed by atoms with Gasteiger partial charge in [-0.2, -0.15) is 0 Å². The first-order valence-corrected chi connectivity index (χ1v) is 4.09. The lowest BCUT2D eigenvalue weighted by Gasteiger charge is -2.13. The predicted molar refractivity (Wildman–Crippen MR) is 43.4 cm³/mol. The molecular formula is C8H11ClO2. The fourth-order valence-corrected chi connectivity index (χ4v) is 1.51. The van der Waals surface area contributed by atoms with Crippen LogP contribution in [0.3, 0.4) is 0 Å². The molecule has 0 heterocycles. The van der Waals surface area contributed by atoms with Crippen molar-refractivity contribution in [3.63, 3.8) is 0 Å². The lowest BCUT2D eigenvalue weighted by Crippen LogP contribution is -2.09. The van der Waals surface area contributed by atoms with E-state index in [1.54, 1.807) is 0 Å². The van der Waals surface area contributed by atoms with Crippen LogP contribution in [0, 0.1) is 0 Å². The second kappa shape index (κ2) is 3.77. The molecule has 0 bridgehead atoms. The van der Waals surface area contributed by atoms with E-state index >= 15 is 0 Å². The molecule has 11 heavy (non-hydrogen) atoms. The maximum Gasteiger partial charge on any atom is 0.334 e. The molecule has 0 radical (unpaired) electrons. The first-order valence-electron chi connectivity index (χ1n) is 3.71. The van der Waals surface area contributed by atoms with E-state index in [0.29, 0.717) is 10.6 Å². The molecular weight excluding hydrogens is 164 g/mol. The van der Waals surface area contributed by atoms with E-state index in [0.717, 1.165) is 25.7 Å². The second-order valence-electron chi connectivity index (χ2n) is 2.58. The number of carbonyl (C=O) groups excluding carboxylic acids is 1. The van der Waals surface area contributed by atoms with Crippen LogP contribution in [0.25, 0.3) is 0 Å². The molecule has 0 aromatic heterocycles. The van der Waals surface area contributed by atoms with Crippen molar-refractivity contribution in [3.8, 4) is 0 Å². The summed E-state index contributed by atoms with van der Waals surface area (Å²) in [5, 5.41) is 0.683. The van der Waals surface area contributed by atoms with Gasteiger partial charge in [0.2, 0.25) is 0 Å². The van der Waals surface area contributed by atoms with Gasteiger partial charge >= 0.3 is 5.97 Å². The highest BCUT2D eigenvalue weighted by Crippen LogP contribution is 2.27. The van der Waals surface area contributed by atoms with Crippen LogP contribution >= 0.6 is 11.6 Å². The number of esters is 1. The average molecular weight is 175 g/mol. The van der Waals surface area contributed by atoms with Crippen LogP contribution < -0.4 is 0 Å². The molecule has 62 valence electrons. The third-order valence-electron chi connectivity index (χ3n) is 1.83. The van der Waals surface area contributed by atoms with Gasteiger partial charge in [-0.3, -0.25) is 0 Å². The maximum absolute atomic E-state index is 11.0. The largest absolute Gasteiger partial charge is 0.466 e. The van der Waals surface area contributed by atoms with Gasteiger partial charge in [0.1, 0.15) is 0 Å².